The molecule has 0 aliphatic rings. The van der Waals surface area contributed by atoms with E-state index in [1.54, 1.807) is 0 Å². The fourth-order valence-corrected chi connectivity index (χ4v) is 1.75. The van der Waals surface area contributed by atoms with Crippen LogP contribution in [-0.4, -0.2) is 28.0 Å². The van der Waals surface area contributed by atoms with Crippen LogP contribution in [0.5, 0.6) is 0 Å². The second-order valence-corrected chi connectivity index (χ2v) is 4.72. The molecule has 1 rings (SSSR count). The third-order valence-electron chi connectivity index (χ3n) is 2.83. The predicted molar refractivity (Wildman–Crippen MR) is 69.7 cm³/mol. The van der Waals surface area contributed by atoms with Crippen molar-refractivity contribution in [1.29, 1.82) is 0 Å². The Hall–Kier alpha value is -0.870. The highest BCUT2D eigenvalue weighted by Gasteiger charge is 2.00. The molecule has 1 heterocycles. The van der Waals surface area contributed by atoms with E-state index in [2.05, 4.69) is 30.5 Å². The Morgan fingerprint density at radius 1 is 1.53 bits per heavy atom. The van der Waals surface area contributed by atoms with Gasteiger partial charge >= 0.3 is 0 Å². The Kier molecular flexibility index (Phi) is 6.89. The van der Waals surface area contributed by atoms with E-state index in [0.717, 1.165) is 38.9 Å². The molecule has 0 amide bonds. The maximum atomic E-state index is 8.89. The number of nitrogens with zero attached hydrogens (tertiary/aromatic N) is 2. The fraction of sp³-hybridized carbons (Fsp3) is 0.769. The van der Waals surface area contributed by atoms with Crippen LogP contribution in [0.2, 0.25) is 0 Å². The van der Waals surface area contributed by atoms with Crippen LogP contribution in [0.4, 0.5) is 0 Å². The monoisotopic (exact) mass is 239 g/mol. The van der Waals surface area contributed by atoms with Crippen molar-refractivity contribution < 1.29 is 5.11 Å². The van der Waals surface area contributed by atoms with E-state index in [9.17, 15) is 0 Å². The van der Waals surface area contributed by atoms with Gasteiger partial charge in [-0.25, -0.2) is 0 Å². The van der Waals surface area contributed by atoms with E-state index in [-0.39, 0.29) is 0 Å². The number of aliphatic hydroxyl groups excluding tert-OH is 1. The van der Waals surface area contributed by atoms with Crippen molar-refractivity contribution in [3.63, 3.8) is 0 Å². The first-order valence-corrected chi connectivity index (χ1v) is 6.59. The van der Waals surface area contributed by atoms with Crippen LogP contribution in [0.3, 0.4) is 0 Å². The van der Waals surface area contributed by atoms with Gasteiger partial charge in [0.15, 0.2) is 0 Å². The maximum Gasteiger partial charge on any atom is 0.0534 e. The van der Waals surface area contributed by atoms with Gasteiger partial charge in [0.25, 0.3) is 0 Å². The first kappa shape index (κ1) is 14.2. The van der Waals surface area contributed by atoms with Gasteiger partial charge in [-0.05, 0) is 31.7 Å². The summed E-state index contributed by atoms with van der Waals surface area (Å²) in [5, 5.41) is 16.6. The fourth-order valence-electron chi connectivity index (χ4n) is 1.75. The lowest BCUT2D eigenvalue weighted by atomic mass is 10.1. The van der Waals surface area contributed by atoms with Crippen molar-refractivity contribution in [2.45, 2.75) is 46.2 Å². The lowest BCUT2D eigenvalue weighted by molar-refractivity contribution is 0.228. The summed E-state index contributed by atoms with van der Waals surface area (Å²) < 4.78 is 1.99. The van der Waals surface area contributed by atoms with Crippen LogP contribution in [-0.2, 0) is 13.1 Å². The molecule has 2 N–H and O–H groups in total. The SMILES string of the molecule is CCCn1cc(CNCCCC(C)CO)cn1. The molecule has 0 aliphatic heterocycles. The van der Waals surface area contributed by atoms with E-state index in [0.29, 0.717) is 12.5 Å². The van der Waals surface area contributed by atoms with Crippen molar-refractivity contribution >= 4 is 0 Å². The average Bonchev–Trinajstić information content (AvgIpc) is 2.76. The van der Waals surface area contributed by atoms with Crippen molar-refractivity contribution in [3.8, 4) is 0 Å². The first-order valence-electron chi connectivity index (χ1n) is 6.59. The number of rotatable bonds is 9. The maximum absolute atomic E-state index is 8.89. The Morgan fingerprint density at radius 2 is 2.35 bits per heavy atom. The molecule has 0 aromatic carbocycles. The highest BCUT2D eigenvalue weighted by atomic mass is 16.3. The first-order chi connectivity index (χ1) is 8.26. The summed E-state index contributed by atoms with van der Waals surface area (Å²) in [4.78, 5) is 0. The van der Waals surface area contributed by atoms with E-state index in [1.165, 1.54) is 5.56 Å². The zero-order valence-corrected chi connectivity index (χ0v) is 11.0. The molecule has 0 aliphatic carbocycles. The van der Waals surface area contributed by atoms with E-state index in [1.807, 2.05) is 10.9 Å². The number of nitrogens with one attached hydrogen (secondary N) is 1. The normalized spacial score (nSPS) is 12.9. The third-order valence-corrected chi connectivity index (χ3v) is 2.83. The highest BCUT2D eigenvalue weighted by Crippen LogP contribution is 2.03. The standard InChI is InChI=1S/C13H25N3O/c1-3-7-16-10-13(9-15-16)8-14-6-4-5-12(2)11-17/h9-10,12,14,17H,3-8,11H2,1-2H3. The minimum atomic E-state index is 0.295. The van der Waals surface area contributed by atoms with Gasteiger partial charge in [-0.2, -0.15) is 5.10 Å². The summed E-state index contributed by atoms with van der Waals surface area (Å²) >= 11 is 0. The van der Waals surface area contributed by atoms with Gasteiger partial charge in [0.2, 0.25) is 0 Å². The molecule has 1 atom stereocenters. The quantitative estimate of drug-likeness (QED) is 0.646. The highest BCUT2D eigenvalue weighted by molar-refractivity contribution is 5.03. The van der Waals surface area contributed by atoms with E-state index in [4.69, 9.17) is 5.11 Å². The summed E-state index contributed by atoms with van der Waals surface area (Å²) in [7, 11) is 0. The van der Waals surface area contributed by atoms with E-state index >= 15 is 0 Å². The summed E-state index contributed by atoms with van der Waals surface area (Å²) in [6.45, 7) is 7.41. The molecule has 0 fully saturated rings. The molecule has 0 bridgehead atoms. The van der Waals surface area contributed by atoms with Gasteiger partial charge in [-0.15, -0.1) is 0 Å². The third kappa shape index (κ3) is 5.84. The van der Waals surface area contributed by atoms with Crippen LogP contribution in [0.25, 0.3) is 0 Å². The number of aliphatic hydroxyl groups is 1. The van der Waals surface area contributed by atoms with Crippen molar-refractivity contribution in [2.24, 2.45) is 5.92 Å². The number of hydrogen-bond acceptors (Lipinski definition) is 3. The zero-order chi connectivity index (χ0) is 12.5. The minimum absolute atomic E-state index is 0.295. The summed E-state index contributed by atoms with van der Waals surface area (Å²) in [5.41, 5.74) is 1.24. The zero-order valence-electron chi connectivity index (χ0n) is 11.0. The molecule has 0 spiro atoms. The Labute approximate surface area is 104 Å². The molecule has 4 heteroatoms. The molecule has 0 radical (unpaired) electrons. The van der Waals surface area contributed by atoms with Crippen LogP contribution in [0, 0.1) is 5.92 Å². The van der Waals surface area contributed by atoms with Gasteiger partial charge in [-0.1, -0.05) is 13.8 Å². The average molecular weight is 239 g/mol. The second-order valence-electron chi connectivity index (χ2n) is 4.72. The van der Waals surface area contributed by atoms with Crippen LogP contribution >= 0.6 is 0 Å². The van der Waals surface area contributed by atoms with E-state index < -0.39 is 0 Å². The molecule has 4 nitrogen and oxygen atoms in total. The smallest absolute Gasteiger partial charge is 0.0534 e. The van der Waals surface area contributed by atoms with Crippen molar-refractivity contribution in [3.05, 3.63) is 18.0 Å². The Bertz CT molecular complexity index is 299. The van der Waals surface area contributed by atoms with Crippen LogP contribution in [0.1, 0.15) is 38.7 Å². The lowest BCUT2D eigenvalue weighted by Gasteiger charge is -2.07. The Balaban J connectivity index is 2.09. The lowest BCUT2D eigenvalue weighted by Crippen LogP contribution is -2.15. The predicted octanol–water partition coefficient (Wildman–Crippen LogP) is 1.79. The number of hydrogen-bond donors (Lipinski definition) is 2. The number of aryl methyl sites for hydroxylation is 1. The summed E-state index contributed by atoms with van der Waals surface area (Å²) in [6.07, 6.45) is 7.35. The van der Waals surface area contributed by atoms with Crippen LogP contribution in [0.15, 0.2) is 12.4 Å². The van der Waals surface area contributed by atoms with Gasteiger partial charge in [0, 0.05) is 31.5 Å². The molecule has 1 unspecified atom stereocenters. The second kappa shape index (κ2) is 8.25. The van der Waals surface area contributed by atoms with Gasteiger partial charge in [0.05, 0.1) is 6.20 Å². The molecular formula is C13H25N3O. The van der Waals surface area contributed by atoms with Gasteiger partial charge in [0.1, 0.15) is 0 Å². The van der Waals surface area contributed by atoms with Gasteiger partial charge in [-0.3, -0.25) is 4.68 Å². The molecule has 1 aromatic rings. The molecule has 0 saturated heterocycles. The largest absolute Gasteiger partial charge is 0.396 e. The van der Waals surface area contributed by atoms with Gasteiger partial charge < -0.3 is 10.4 Å². The molecule has 0 saturated carbocycles. The molecular weight excluding hydrogens is 214 g/mol. The summed E-state index contributed by atoms with van der Waals surface area (Å²) in [6, 6.07) is 0. The molecule has 98 valence electrons. The molecule has 1 aromatic heterocycles. The minimum Gasteiger partial charge on any atom is -0.396 e. The molecule has 17 heavy (non-hydrogen) atoms. The topological polar surface area (TPSA) is 50.1 Å². The number of aromatic nitrogens is 2. The van der Waals surface area contributed by atoms with Crippen LogP contribution < -0.4 is 5.32 Å². The summed E-state index contributed by atoms with van der Waals surface area (Å²) in [5.74, 6) is 0.420. The van der Waals surface area contributed by atoms with Crippen molar-refractivity contribution in [1.82, 2.24) is 15.1 Å². The van der Waals surface area contributed by atoms with Crippen molar-refractivity contribution in [2.75, 3.05) is 13.2 Å². The Morgan fingerprint density at radius 3 is 3.06 bits per heavy atom.